The molecule has 90 valence electrons. The maximum atomic E-state index is 5.97. The molecule has 2 rings (SSSR count). The summed E-state index contributed by atoms with van der Waals surface area (Å²) in [6.07, 6.45) is 0. The van der Waals surface area contributed by atoms with E-state index < -0.39 is 0 Å². The van der Waals surface area contributed by atoms with Crippen molar-refractivity contribution in [3.63, 3.8) is 0 Å². The molecular weight excluding hydrogens is 257 g/mol. The Hall–Kier alpha value is -1.19. The van der Waals surface area contributed by atoms with E-state index in [1.807, 2.05) is 18.2 Å². The number of hydrogen-bond acceptors (Lipinski definition) is 2. The van der Waals surface area contributed by atoms with E-state index in [1.165, 1.54) is 0 Å². The highest BCUT2D eigenvalue weighted by Crippen LogP contribution is 2.28. The lowest BCUT2D eigenvalue weighted by atomic mass is 10.1. The van der Waals surface area contributed by atoms with Crippen LogP contribution in [0.1, 0.15) is 13.8 Å². The molecule has 0 atom stereocenters. The van der Waals surface area contributed by atoms with Gasteiger partial charge in [0.1, 0.15) is 5.82 Å². The van der Waals surface area contributed by atoms with Crippen LogP contribution in [0.5, 0.6) is 0 Å². The molecule has 1 aromatic carbocycles. The topological polar surface area (TPSA) is 40.7 Å². The van der Waals surface area contributed by atoms with Crippen LogP contribution in [-0.2, 0) is 0 Å². The van der Waals surface area contributed by atoms with Crippen LogP contribution in [0.2, 0.25) is 10.0 Å². The molecule has 0 aliphatic heterocycles. The summed E-state index contributed by atoms with van der Waals surface area (Å²) in [6, 6.07) is 7.78. The van der Waals surface area contributed by atoms with Gasteiger partial charge in [0, 0.05) is 17.7 Å². The fraction of sp³-hybridized carbons (Fsp3) is 0.250. The first-order chi connectivity index (χ1) is 8.06. The quantitative estimate of drug-likeness (QED) is 0.877. The first-order valence-electron chi connectivity index (χ1n) is 5.33. The van der Waals surface area contributed by atoms with Gasteiger partial charge in [0.05, 0.1) is 15.7 Å². The van der Waals surface area contributed by atoms with Crippen molar-refractivity contribution < 1.29 is 0 Å². The number of aromatic nitrogens is 2. The highest BCUT2D eigenvalue weighted by Gasteiger charge is 2.06. The van der Waals surface area contributed by atoms with Crippen LogP contribution in [0.15, 0.2) is 24.3 Å². The van der Waals surface area contributed by atoms with Gasteiger partial charge in [-0.15, -0.1) is 0 Å². The van der Waals surface area contributed by atoms with E-state index in [-0.39, 0.29) is 0 Å². The summed E-state index contributed by atoms with van der Waals surface area (Å²) in [7, 11) is 0. The second kappa shape index (κ2) is 4.98. The average molecular weight is 270 g/mol. The number of hydrogen-bond donors (Lipinski definition) is 2. The predicted octanol–water partition coefficient (Wildman–Crippen LogP) is 4.20. The Morgan fingerprint density at radius 1 is 1.18 bits per heavy atom. The molecule has 1 heterocycles. The van der Waals surface area contributed by atoms with Gasteiger partial charge in [-0.1, -0.05) is 29.3 Å². The predicted molar refractivity (Wildman–Crippen MR) is 72.8 cm³/mol. The van der Waals surface area contributed by atoms with Crippen LogP contribution >= 0.6 is 23.2 Å². The minimum atomic E-state index is 0.347. The molecule has 0 radical (unpaired) electrons. The minimum absolute atomic E-state index is 0.347. The second-order valence-corrected chi connectivity index (χ2v) is 4.91. The number of anilines is 1. The molecule has 0 fully saturated rings. The fourth-order valence-electron chi connectivity index (χ4n) is 1.50. The van der Waals surface area contributed by atoms with Crippen molar-refractivity contribution in [2.24, 2.45) is 0 Å². The largest absolute Gasteiger partial charge is 0.366 e. The number of H-pyrrole nitrogens is 1. The molecule has 17 heavy (non-hydrogen) atoms. The normalized spacial score (nSPS) is 10.9. The van der Waals surface area contributed by atoms with Gasteiger partial charge < -0.3 is 5.32 Å². The summed E-state index contributed by atoms with van der Waals surface area (Å²) >= 11 is 11.8. The van der Waals surface area contributed by atoms with Gasteiger partial charge in [-0.3, -0.25) is 5.10 Å². The van der Waals surface area contributed by atoms with Crippen molar-refractivity contribution >= 4 is 29.0 Å². The van der Waals surface area contributed by atoms with Crippen molar-refractivity contribution in [3.05, 3.63) is 34.3 Å². The summed E-state index contributed by atoms with van der Waals surface area (Å²) in [5.74, 6) is 0.820. The molecule has 0 bridgehead atoms. The maximum absolute atomic E-state index is 5.97. The molecule has 0 saturated carbocycles. The number of benzene rings is 1. The smallest absolute Gasteiger partial charge is 0.148 e. The number of nitrogens with one attached hydrogen (secondary N) is 2. The number of aromatic amines is 1. The van der Waals surface area contributed by atoms with Crippen molar-refractivity contribution in [1.82, 2.24) is 10.2 Å². The van der Waals surface area contributed by atoms with Crippen LogP contribution in [0, 0.1) is 0 Å². The van der Waals surface area contributed by atoms with Gasteiger partial charge in [-0.05, 0) is 26.0 Å². The monoisotopic (exact) mass is 269 g/mol. The molecule has 3 nitrogen and oxygen atoms in total. The van der Waals surface area contributed by atoms with Crippen molar-refractivity contribution in [2.45, 2.75) is 19.9 Å². The van der Waals surface area contributed by atoms with E-state index in [2.05, 4.69) is 29.4 Å². The SMILES string of the molecule is CC(C)Nc1cc(-c2ccc(Cl)c(Cl)c2)[nH]n1. The lowest BCUT2D eigenvalue weighted by Gasteiger charge is -2.04. The third-order valence-corrected chi connectivity index (χ3v) is 2.98. The van der Waals surface area contributed by atoms with Gasteiger partial charge in [0.15, 0.2) is 0 Å². The fourth-order valence-corrected chi connectivity index (χ4v) is 1.80. The molecular formula is C12H13Cl2N3. The molecule has 0 amide bonds. The standard InChI is InChI=1S/C12H13Cl2N3/c1-7(2)15-12-6-11(16-17-12)8-3-4-9(13)10(14)5-8/h3-7H,1-2H3,(H2,15,16,17). The molecule has 0 aliphatic carbocycles. The Morgan fingerprint density at radius 2 is 1.94 bits per heavy atom. The molecule has 0 unspecified atom stereocenters. The van der Waals surface area contributed by atoms with Crippen LogP contribution in [0.3, 0.4) is 0 Å². The summed E-state index contributed by atoms with van der Waals surface area (Å²) in [4.78, 5) is 0. The van der Waals surface area contributed by atoms with Crippen molar-refractivity contribution in [1.29, 1.82) is 0 Å². The highest BCUT2D eigenvalue weighted by atomic mass is 35.5. The molecule has 0 spiro atoms. The first kappa shape index (κ1) is 12.3. The number of nitrogens with zero attached hydrogens (tertiary/aromatic N) is 1. The maximum Gasteiger partial charge on any atom is 0.148 e. The Kier molecular flexibility index (Phi) is 3.60. The average Bonchev–Trinajstić information content (AvgIpc) is 2.69. The Balaban J connectivity index is 2.27. The van der Waals surface area contributed by atoms with E-state index in [0.717, 1.165) is 17.1 Å². The van der Waals surface area contributed by atoms with E-state index in [4.69, 9.17) is 23.2 Å². The van der Waals surface area contributed by atoms with Crippen molar-refractivity contribution in [3.8, 4) is 11.3 Å². The van der Waals surface area contributed by atoms with Crippen molar-refractivity contribution in [2.75, 3.05) is 5.32 Å². The highest BCUT2D eigenvalue weighted by molar-refractivity contribution is 6.42. The molecule has 0 aliphatic rings. The number of rotatable bonds is 3. The zero-order valence-corrected chi connectivity index (χ0v) is 11.1. The molecule has 5 heteroatoms. The molecule has 1 aromatic heterocycles. The van der Waals surface area contributed by atoms with Gasteiger partial charge in [-0.2, -0.15) is 5.10 Å². The molecule has 2 N–H and O–H groups in total. The third kappa shape index (κ3) is 2.93. The second-order valence-electron chi connectivity index (χ2n) is 4.09. The zero-order valence-electron chi connectivity index (χ0n) is 9.59. The van der Waals surface area contributed by atoms with Crippen LogP contribution in [-0.4, -0.2) is 16.2 Å². The summed E-state index contributed by atoms with van der Waals surface area (Å²) < 4.78 is 0. The summed E-state index contributed by atoms with van der Waals surface area (Å²) in [5.41, 5.74) is 1.87. The molecule has 2 aromatic rings. The number of halogens is 2. The van der Waals surface area contributed by atoms with Gasteiger partial charge >= 0.3 is 0 Å². The lowest BCUT2D eigenvalue weighted by molar-refractivity contribution is 0.884. The molecule has 0 saturated heterocycles. The first-order valence-corrected chi connectivity index (χ1v) is 6.09. The van der Waals surface area contributed by atoms with E-state index in [9.17, 15) is 0 Å². The summed E-state index contributed by atoms with van der Waals surface area (Å²) in [6.45, 7) is 4.13. The van der Waals surface area contributed by atoms with E-state index in [0.29, 0.717) is 16.1 Å². The van der Waals surface area contributed by atoms with Crippen LogP contribution in [0.4, 0.5) is 5.82 Å². The lowest BCUT2D eigenvalue weighted by Crippen LogP contribution is -2.09. The zero-order chi connectivity index (χ0) is 12.4. The van der Waals surface area contributed by atoms with E-state index in [1.54, 1.807) is 6.07 Å². The minimum Gasteiger partial charge on any atom is -0.366 e. The van der Waals surface area contributed by atoms with Gasteiger partial charge in [-0.25, -0.2) is 0 Å². The Bertz CT molecular complexity index is 520. The van der Waals surface area contributed by atoms with Gasteiger partial charge in [0.2, 0.25) is 0 Å². The Labute approximate surface area is 110 Å². The van der Waals surface area contributed by atoms with Crippen LogP contribution < -0.4 is 5.32 Å². The van der Waals surface area contributed by atoms with Gasteiger partial charge in [0.25, 0.3) is 0 Å². The van der Waals surface area contributed by atoms with E-state index >= 15 is 0 Å². The van der Waals surface area contributed by atoms with Crippen LogP contribution in [0.25, 0.3) is 11.3 Å². The summed E-state index contributed by atoms with van der Waals surface area (Å²) in [5, 5.41) is 11.4. The third-order valence-electron chi connectivity index (χ3n) is 2.25. The Morgan fingerprint density at radius 3 is 2.59 bits per heavy atom.